The zero-order chi connectivity index (χ0) is 32.0. The van der Waals surface area contributed by atoms with E-state index in [0.29, 0.717) is 16.3 Å². The number of alkyl halides is 3. The third-order valence-corrected chi connectivity index (χ3v) is 8.67. The smallest absolute Gasteiger partial charge is 0.422 e. The Morgan fingerprint density at radius 2 is 1.80 bits per heavy atom. The van der Waals surface area contributed by atoms with Gasteiger partial charge in [-0.25, -0.2) is 8.93 Å². The lowest BCUT2D eigenvalue weighted by Gasteiger charge is -2.18. The fourth-order valence-electron chi connectivity index (χ4n) is 4.55. The minimum absolute atomic E-state index is 0.0331. The first-order chi connectivity index (χ1) is 21.5. The van der Waals surface area contributed by atoms with Gasteiger partial charge in [-0.05, 0) is 73.6 Å². The maximum Gasteiger partial charge on any atom is 0.422 e. The number of benzene rings is 2. The second kappa shape index (κ2) is 14.4. The Balaban J connectivity index is 1.17. The Kier molecular flexibility index (Phi) is 10.5. The van der Waals surface area contributed by atoms with Crippen LogP contribution in [0.25, 0.3) is 0 Å². The van der Waals surface area contributed by atoms with Crippen LogP contribution in [0.15, 0.2) is 48.5 Å². The van der Waals surface area contributed by atoms with Crippen LogP contribution in [0.1, 0.15) is 47.4 Å². The lowest BCUT2D eigenvalue weighted by atomic mass is 10.1. The fraction of sp³-hybridized carbons (Fsp3) is 0.448. The van der Waals surface area contributed by atoms with Crippen LogP contribution in [0.2, 0.25) is 5.02 Å². The summed E-state index contributed by atoms with van der Waals surface area (Å²) in [6.07, 6.45) is -1.39. The van der Waals surface area contributed by atoms with Crippen LogP contribution < -0.4 is 25.4 Å². The van der Waals surface area contributed by atoms with Gasteiger partial charge in [-0.3, -0.25) is 4.79 Å². The highest BCUT2D eigenvalue weighted by Gasteiger charge is 2.44. The first kappa shape index (κ1) is 33.0. The van der Waals surface area contributed by atoms with E-state index in [-0.39, 0.29) is 54.5 Å². The molecule has 3 aromatic rings. The molecule has 16 heteroatoms. The molecule has 1 aromatic heterocycles. The molecule has 0 bridgehead atoms. The Morgan fingerprint density at radius 3 is 2.44 bits per heavy atom. The Bertz CT molecular complexity index is 1490. The summed E-state index contributed by atoms with van der Waals surface area (Å²) < 4.78 is 58.2. The molecule has 242 valence electrons. The van der Waals surface area contributed by atoms with E-state index in [4.69, 9.17) is 16.3 Å². The van der Waals surface area contributed by atoms with Crippen molar-refractivity contribution in [3.05, 3.63) is 70.5 Å². The molecule has 2 aromatic carbocycles. The number of aliphatic hydroxyl groups is 1. The van der Waals surface area contributed by atoms with Crippen LogP contribution in [0.5, 0.6) is 6.01 Å². The highest BCUT2D eigenvalue weighted by atomic mass is 35.5. The van der Waals surface area contributed by atoms with Crippen molar-refractivity contribution >= 4 is 40.1 Å². The van der Waals surface area contributed by atoms with Gasteiger partial charge < -0.3 is 25.8 Å². The van der Waals surface area contributed by atoms with Gasteiger partial charge in [0.15, 0.2) is 12.4 Å². The Morgan fingerprint density at radius 1 is 1.09 bits per heavy atom. The van der Waals surface area contributed by atoms with E-state index in [1.165, 1.54) is 0 Å². The van der Waals surface area contributed by atoms with Crippen molar-refractivity contribution in [3.8, 4) is 6.01 Å². The van der Waals surface area contributed by atoms with Gasteiger partial charge in [-0.1, -0.05) is 23.7 Å². The van der Waals surface area contributed by atoms with Gasteiger partial charge >= 0.3 is 12.2 Å². The maximum atomic E-state index is 12.8. The SMILES string of the molecule is O=C(NCCS(=O)NCC(O)C1CC1)c1ccc(Nc2nc(CNC3(c4ccc(Cl)cc4)CC3)nc(OCC(F)(F)F)n2)cc1. The van der Waals surface area contributed by atoms with Crippen LogP contribution in [0, 0.1) is 5.92 Å². The normalized spacial score (nSPS) is 16.9. The number of carbonyl (C=O) groups excluding carboxylic acids is 1. The van der Waals surface area contributed by atoms with E-state index in [1.807, 2.05) is 12.1 Å². The topological polar surface area (TPSA) is 150 Å². The van der Waals surface area contributed by atoms with Gasteiger partial charge in [0, 0.05) is 34.9 Å². The molecule has 11 nitrogen and oxygen atoms in total. The molecule has 0 aliphatic heterocycles. The van der Waals surface area contributed by atoms with Crippen LogP contribution >= 0.6 is 11.6 Å². The largest absolute Gasteiger partial charge is 0.454 e. The van der Waals surface area contributed by atoms with Crippen molar-refractivity contribution < 1.29 is 32.0 Å². The van der Waals surface area contributed by atoms with Gasteiger partial charge in [-0.15, -0.1) is 0 Å². The van der Waals surface area contributed by atoms with E-state index in [1.54, 1.807) is 36.4 Å². The average Bonchev–Trinajstić information content (AvgIpc) is 3.94. The van der Waals surface area contributed by atoms with Crippen LogP contribution in [-0.2, 0) is 23.1 Å². The monoisotopic (exact) mass is 667 g/mol. The average molecular weight is 668 g/mol. The number of halogens is 4. The lowest BCUT2D eigenvalue weighted by molar-refractivity contribution is -0.154. The minimum Gasteiger partial charge on any atom is -0.454 e. The molecule has 0 spiro atoms. The van der Waals surface area contributed by atoms with E-state index < -0.39 is 35.9 Å². The summed E-state index contributed by atoms with van der Waals surface area (Å²) in [4.78, 5) is 24.9. The predicted molar refractivity (Wildman–Crippen MR) is 162 cm³/mol. The predicted octanol–water partition coefficient (Wildman–Crippen LogP) is 3.74. The quantitative estimate of drug-likeness (QED) is 0.154. The number of amides is 1. The van der Waals surface area contributed by atoms with Crippen LogP contribution in [-0.4, -0.2) is 67.9 Å². The Labute approximate surface area is 265 Å². The summed E-state index contributed by atoms with van der Waals surface area (Å²) in [5.74, 6) is 0.229. The van der Waals surface area contributed by atoms with E-state index >= 15 is 0 Å². The summed E-state index contributed by atoms with van der Waals surface area (Å²) in [5.41, 5.74) is 1.54. The minimum atomic E-state index is -4.58. The summed E-state index contributed by atoms with van der Waals surface area (Å²) in [6.45, 7) is -1.00. The highest BCUT2D eigenvalue weighted by molar-refractivity contribution is 7.83. The molecule has 2 fully saturated rings. The number of aliphatic hydroxyl groups excluding tert-OH is 1. The first-order valence-electron chi connectivity index (χ1n) is 14.4. The first-order valence-corrected chi connectivity index (χ1v) is 16.1. The number of hydrogen-bond donors (Lipinski definition) is 5. The molecule has 5 N–H and O–H groups in total. The van der Waals surface area contributed by atoms with E-state index in [2.05, 4.69) is 35.6 Å². The van der Waals surface area contributed by atoms with Crippen LogP contribution in [0.3, 0.4) is 0 Å². The van der Waals surface area contributed by atoms with Crippen molar-refractivity contribution in [2.24, 2.45) is 5.92 Å². The van der Waals surface area contributed by atoms with E-state index in [9.17, 15) is 27.3 Å². The molecule has 2 aliphatic carbocycles. The second-order valence-corrected chi connectivity index (χ2v) is 12.8. The summed E-state index contributed by atoms with van der Waals surface area (Å²) in [5, 5.41) is 19.5. The number of ether oxygens (including phenoxy) is 1. The fourth-order valence-corrected chi connectivity index (χ4v) is 5.46. The number of carbonyl (C=O) groups is 1. The summed E-state index contributed by atoms with van der Waals surface area (Å²) >= 11 is 6.01. The van der Waals surface area contributed by atoms with Crippen molar-refractivity contribution in [2.45, 2.75) is 50.0 Å². The van der Waals surface area contributed by atoms with Gasteiger partial charge in [0.05, 0.1) is 29.4 Å². The third kappa shape index (κ3) is 10.1. The number of anilines is 2. The third-order valence-electron chi connectivity index (χ3n) is 7.35. The molecule has 5 rings (SSSR count). The van der Waals surface area contributed by atoms with Crippen LogP contribution in [0.4, 0.5) is 24.8 Å². The lowest BCUT2D eigenvalue weighted by Crippen LogP contribution is -2.34. The zero-order valence-corrected chi connectivity index (χ0v) is 25.6. The summed E-state index contributed by atoms with van der Waals surface area (Å²) in [6, 6.07) is 13.2. The van der Waals surface area contributed by atoms with E-state index in [0.717, 1.165) is 31.2 Å². The second-order valence-electron chi connectivity index (χ2n) is 11.0. The Hall–Kier alpha value is -3.37. The highest BCUT2D eigenvalue weighted by Crippen LogP contribution is 2.45. The molecule has 2 unspecified atom stereocenters. The van der Waals surface area contributed by atoms with Crippen molar-refractivity contribution in [1.29, 1.82) is 0 Å². The molecule has 1 heterocycles. The maximum absolute atomic E-state index is 12.8. The van der Waals surface area contributed by atoms with Crippen molar-refractivity contribution in [1.82, 2.24) is 30.3 Å². The molecule has 2 saturated carbocycles. The number of nitrogens with zero attached hydrogens (tertiary/aromatic N) is 3. The molecular weight excluding hydrogens is 635 g/mol. The summed E-state index contributed by atoms with van der Waals surface area (Å²) in [7, 11) is -1.39. The number of hydrogen-bond acceptors (Lipinski definition) is 9. The molecule has 1 amide bonds. The van der Waals surface area contributed by atoms with Gasteiger partial charge in [0.2, 0.25) is 5.95 Å². The van der Waals surface area contributed by atoms with Gasteiger partial charge in [0.1, 0.15) is 0 Å². The molecular formula is C29H33ClF3N7O4S. The molecule has 0 radical (unpaired) electrons. The number of aromatic nitrogens is 3. The molecule has 0 saturated heterocycles. The molecule has 45 heavy (non-hydrogen) atoms. The number of rotatable bonds is 16. The van der Waals surface area contributed by atoms with Gasteiger partial charge in [0.25, 0.3) is 5.91 Å². The molecule has 2 atom stereocenters. The number of nitrogens with one attached hydrogen (secondary N) is 4. The van der Waals surface area contributed by atoms with Crippen molar-refractivity contribution in [3.63, 3.8) is 0 Å². The molecule has 2 aliphatic rings. The van der Waals surface area contributed by atoms with Crippen molar-refractivity contribution in [2.75, 3.05) is 30.8 Å². The standard InChI is InChI=1S/C29H33ClF3N7O4S/c30-21-7-5-20(6-8-21)28(11-12-28)35-16-24-38-26(40-27(39-24)44-17-29(31,32)33)37-22-9-3-19(4-10-22)25(42)34-13-14-45(43)36-15-23(41)18-1-2-18/h3-10,18,23,35-36,41H,1-2,11-17H2,(H,34,42)(H,37,38,39,40). The van der Waals surface area contributed by atoms with Gasteiger partial charge in [-0.2, -0.15) is 28.1 Å². The zero-order valence-electron chi connectivity index (χ0n) is 24.1.